The van der Waals surface area contributed by atoms with Crippen molar-refractivity contribution in [2.75, 3.05) is 0 Å². The highest BCUT2D eigenvalue weighted by atomic mass is 79.9. The Labute approximate surface area is 94.1 Å². The van der Waals surface area contributed by atoms with Crippen LogP contribution in [0.25, 0.3) is 0 Å². The number of carbonyl (C=O) groups excluding carboxylic acids is 1. The second kappa shape index (κ2) is 3.80. The number of ketones is 1. The van der Waals surface area contributed by atoms with Crippen LogP contribution in [0.3, 0.4) is 0 Å². The van der Waals surface area contributed by atoms with E-state index in [4.69, 9.17) is 0 Å². The summed E-state index contributed by atoms with van der Waals surface area (Å²) in [6.07, 6.45) is 6.46. The largest absolute Gasteiger partial charge is 0.300 e. The van der Waals surface area contributed by atoms with Gasteiger partial charge in [-0.25, -0.2) is 0 Å². The van der Waals surface area contributed by atoms with E-state index in [0.29, 0.717) is 17.1 Å². The predicted molar refractivity (Wildman–Crippen MR) is 61.3 cm³/mol. The molecule has 2 fully saturated rings. The number of fused-ring (bicyclic) bond motifs is 1. The summed E-state index contributed by atoms with van der Waals surface area (Å²) >= 11 is 3.44. The first-order chi connectivity index (χ1) is 6.65. The van der Waals surface area contributed by atoms with Crippen LogP contribution < -0.4 is 0 Å². The summed E-state index contributed by atoms with van der Waals surface area (Å²) in [5, 5.41) is 0. The van der Waals surface area contributed by atoms with Gasteiger partial charge in [0.2, 0.25) is 0 Å². The van der Waals surface area contributed by atoms with Crippen LogP contribution in [0.15, 0.2) is 10.6 Å². The van der Waals surface area contributed by atoms with Gasteiger partial charge in [0.25, 0.3) is 0 Å². The van der Waals surface area contributed by atoms with Gasteiger partial charge in [-0.1, -0.05) is 28.4 Å². The van der Waals surface area contributed by atoms with E-state index >= 15 is 0 Å². The Hall–Kier alpha value is -0.110. The third-order valence-electron chi connectivity index (χ3n) is 4.05. The van der Waals surface area contributed by atoms with Crippen LogP contribution in [0, 0.1) is 11.3 Å². The van der Waals surface area contributed by atoms with Crippen molar-refractivity contribution in [2.45, 2.75) is 45.4 Å². The van der Waals surface area contributed by atoms with Crippen LogP contribution in [0.2, 0.25) is 0 Å². The highest BCUT2D eigenvalue weighted by molar-refractivity contribution is 9.11. The summed E-state index contributed by atoms with van der Waals surface area (Å²) in [5.74, 6) is 0.984. The zero-order valence-corrected chi connectivity index (χ0v) is 10.3. The molecule has 0 aromatic rings. The first-order valence-corrected chi connectivity index (χ1v) is 6.38. The van der Waals surface area contributed by atoms with Crippen molar-refractivity contribution < 1.29 is 4.79 Å². The molecule has 1 nitrogen and oxygen atoms in total. The molecule has 0 spiro atoms. The molecule has 0 aromatic heterocycles. The molecule has 2 aliphatic rings. The molecule has 2 rings (SSSR count). The lowest BCUT2D eigenvalue weighted by Gasteiger charge is -2.45. The number of allylic oxidation sites excluding steroid dienone is 1. The zero-order valence-electron chi connectivity index (χ0n) is 8.68. The first kappa shape index (κ1) is 10.4. The normalized spacial score (nSPS) is 41.1. The molecule has 0 radical (unpaired) electrons. The van der Waals surface area contributed by atoms with Gasteiger partial charge in [0, 0.05) is 12.8 Å². The maximum Gasteiger partial charge on any atom is 0.133 e. The van der Waals surface area contributed by atoms with Crippen molar-refractivity contribution in [2.24, 2.45) is 11.3 Å². The lowest BCUT2D eigenvalue weighted by molar-refractivity contribution is -0.124. The topological polar surface area (TPSA) is 17.1 Å². The van der Waals surface area contributed by atoms with Crippen molar-refractivity contribution in [3.8, 4) is 0 Å². The minimum absolute atomic E-state index is 0.408. The molecule has 78 valence electrons. The summed E-state index contributed by atoms with van der Waals surface area (Å²) < 4.78 is 0. The van der Waals surface area contributed by atoms with Gasteiger partial charge in [-0.3, -0.25) is 4.79 Å². The standard InChI is InChI=1S/C12H17BrO/c1-12-5-2-3-9(8-13)11(12)7-10(14)4-6-12/h8,11H,2-7H2,1H3/b9-8+/t11-,12+/m0/s1. The molecular formula is C12H17BrO. The fourth-order valence-corrected chi connectivity index (χ4v) is 3.60. The summed E-state index contributed by atoms with van der Waals surface area (Å²) in [4.78, 5) is 13.5. The van der Waals surface area contributed by atoms with Gasteiger partial charge in [0.15, 0.2) is 0 Å². The molecule has 2 aliphatic carbocycles. The maximum absolute atomic E-state index is 11.5. The van der Waals surface area contributed by atoms with Gasteiger partial charge >= 0.3 is 0 Å². The van der Waals surface area contributed by atoms with E-state index in [1.54, 1.807) is 0 Å². The number of hydrogen-bond donors (Lipinski definition) is 0. The number of carbonyl (C=O) groups is 1. The van der Waals surface area contributed by atoms with Crippen molar-refractivity contribution in [1.82, 2.24) is 0 Å². The fourth-order valence-electron chi connectivity index (χ4n) is 3.05. The van der Waals surface area contributed by atoms with E-state index in [-0.39, 0.29) is 0 Å². The minimum Gasteiger partial charge on any atom is -0.300 e. The Bertz CT molecular complexity index is 282. The molecule has 2 heteroatoms. The summed E-state index contributed by atoms with van der Waals surface area (Å²) in [5.41, 5.74) is 1.87. The monoisotopic (exact) mass is 256 g/mol. The molecule has 0 bridgehead atoms. The lowest BCUT2D eigenvalue weighted by atomic mass is 9.59. The van der Waals surface area contributed by atoms with E-state index in [0.717, 1.165) is 19.3 Å². The van der Waals surface area contributed by atoms with Crippen LogP contribution in [0.4, 0.5) is 0 Å². The first-order valence-electron chi connectivity index (χ1n) is 5.46. The van der Waals surface area contributed by atoms with E-state index < -0.39 is 0 Å². The Morgan fingerprint density at radius 2 is 2.21 bits per heavy atom. The molecule has 0 amide bonds. The molecule has 0 unspecified atom stereocenters. The second-order valence-corrected chi connectivity index (χ2v) is 5.44. The number of halogens is 1. The third kappa shape index (κ3) is 1.69. The molecular weight excluding hydrogens is 240 g/mol. The van der Waals surface area contributed by atoms with E-state index in [2.05, 4.69) is 27.8 Å². The molecule has 0 aliphatic heterocycles. The van der Waals surface area contributed by atoms with Crippen molar-refractivity contribution in [1.29, 1.82) is 0 Å². The van der Waals surface area contributed by atoms with E-state index in [1.165, 1.54) is 24.8 Å². The van der Waals surface area contributed by atoms with Gasteiger partial charge in [-0.2, -0.15) is 0 Å². The van der Waals surface area contributed by atoms with Gasteiger partial charge in [-0.05, 0) is 42.0 Å². The molecule has 2 saturated carbocycles. The maximum atomic E-state index is 11.5. The molecule has 0 N–H and O–H groups in total. The Balaban J connectivity index is 2.26. The second-order valence-electron chi connectivity index (χ2n) is 4.99. The number of rotatable bonds is 0. The highest BCUT2D eigenvalue weighted by Crippen LogP contribution is 2.51. The predicted octanol–water partition coefficient (Wildman–Crippen LogP) is 3.82. The lowest BCUT2D eigenvalue weighted by Crippen LogP contribution is -2.38. The van der Waals surface area contributed by atoms with Crippen LogP contribution in [0.1, 0.15) is 45.4 Å². The number of Topliss-reactive ketones (excluding diaryl/α,β-unsaturated/α-hetero) is 1. The van der Waals surface area contributed by atoms with Crippen molar-refractivity contribution in [3.63, 3.8) is 0 Å². The minimum atomic E-state index is 0.408. The SMILES string of the molecule is C[C@]12CCC/C(=C\Br)[C@@H]1CC(=O)CC2. The molecule has 2 atom stereocenters. The average Bonchev–Trinajstić information content (AvgIpc) is 2.18. The van der Waals surface area contributed by atoms with Gasteiger partial charge in [-0.15, -0.1) is 0 Å². The zero-order chi connectivity index (χ0) is 10.2. The summed E-state index contributed by atoms with van der Waals surface area (Å²) in [6, 6.07) is 0. The van der Waals surface area contributed by atoms with Crippen molar-refractivity contribution >= 4 is 21.7 Å². The van der Waals surface area contributed by atoms with Gasteiger partial charge in [0.1, 0.15) is 5.78 Å². The third-order valence-corrected chi connectivity index (χ3v) is 4.64. The Kier molecular flexibility index (Phi) is 2.83. The Morgan fingerprint density at radius 1 is 1.43 bits per heavy atom. The molecule has 0 heterocycles. The summed E-state index contributed by atoms with van der Waals surface area (Å²) in [7, 11) is 0. The van der Waals surface area contributed by atoms with E-state index in [9.17, 15) is 4.79 Å². The van der Waals surface area contributed by atoms with Crippen LogP contribution >= 0.6 is 15.9 Å². The molecule has 0 aromatic carbocycles. The average molecular weight is 257 g/mol. The number of hydrogen-bond acceptors (Lipinski definition) is 1. The van der Waals surface area contributed by atoms with Crippen LogP contribution in [-0.4, -0.2) is 5.78 Å². The summed E-state index contributed by atoms with van der Waals surface area (Å²) in [6.45, 7) is 2.36. The highest BCUT2D eigenvalue weighted by Gasteiger charge is 2.42. The molecule has 14 heavy (non-hydrogen) atoms. The Morgan fingerprint density at radius 3 is 2.93 bits per heavy atom. The van der Waals surface area contributed by atoms with Gasteiger partial charge in [0.05, 0.1) is 0 Å². The van der Waals surface area contributed by atoms with Gasteiger partial charge < -0.3 is 0 Å². The van der Waals surface area contributed by atoms with Crippen LogP contribution in [0.5, 0.6) is 0 Å². The quantitative estimate of drug-likeness (QED) is 0.644. The fraction of sp³-hybridized carbons (Fsp3) is 0.750. The van der Waals surface area contributed by atoms with Crippen molar-refractivity contribution in [3.05, 3.63) is 10.6 Å². The van der Waals surface area contributed by atoms with Crippen LogP contribution in [-0.2, 0) is 4.79 Å². The van der Waals surface area contributed by atoms with E-state index in [1.807, 2.05) is 0 Å². The molecule has 0 saturated heterocycles. The smallest absolute Gasteiger partial charge is 0.133 e.